The lowest BCUT2D eigenvalue weighted by Crippen LogP contribution is -2.23. The predicted molar refractivity (Wildman–Crippen MR) is 28.6 cm³/mol. The van der Waals surface area contributed by atoms with Crippen LogP contribution in [0.25, 0.3) is 0 Å². The fourth-order valence-electron chi connectivity index (χ4n) is 0.904. The van der Waals surface area contributed by atoms with Crippen LogP contribution in [-0.4, -0.2) is 11.0 Å². The number of aliphatic hydroxyl groups is 1. The maximum atomic E-state index is 12.3. The van der Waals surface area contributed by atoms with E-state index in [-0.39, 0.29) is 31.8 Å². The summed E-state index contributed by atoms with van der Waals surface area (Å²) < 4.78 is 24.5. The van der Waals surface area contributed by atoms with E-state index < -0.39 is 5.92 Å². The van der Waals surface area contributed by atoms with Gasteiger partial charge in [0, 0.05) is 12.8 Å². The molecule has 0 heterocycles. The molecule has 0 aromatic rings. The smallest absolute Gasteiger partial charge is 0.248 e. The molecule has 1 aliphatic carbocycles. The van der Waals surface area contributed by atoms with Crippen molar-refractivity contribution in [3.05, 3.63) is 6.10 Å². The Kier molecular flexibility index (Phi) is 1.70. The number of aliphatic hydroxyl groups excluding tert-OH is 1. The van der Waals surface area contributed by atoms with Crippen molar-refractivity contribution in [2.24, 2.45) is 0 Å². The number of alkyl halides is 2. The number of halogens is 2. The van der Waals surface area contributed by atoms with Gasteiger partial charge in [-0.05, 0) is 12.8 Å². The lowest BCUT2D eigenvalue weighted by Gasteiger charge is -2.23. The molecule has 0 atom stereocenters. The molecule has 1 nitrogen and oxygen atoms in total. The van der Waals surface area contributed by atoms with E-state index in [9.17, 15) is 8.78 Å². The SMILES string of the molecule is O[C]1CCC(F)(F)CC1. The summed E-state index contributed by atoms with van der Waals surface area (Å²) in [7, 11) is 0. The van der Waals surface area contributed by atoms with E-state index in [1.165, 1.54) is 0 Å². The summed E-state index contributed by atoms with van der Waals surface area (Å²) in [5.41, 5.74) is 0. The zero-order valence-electron chi connectivity index (χ0n) is 5.03. The third-order valence-electron chi connectivity index (χ3n) is 1.56. The molecule has 1 aliphatic rings. The normalized spacial score (nSPS) is 28.3. The van der Waals surface area contributed by atoms with Gasteiger partial charge in [0.2, 0.25) is 5.92 Å². The molecule has 0 unspecified atom stereocenters. The fraction of sp³-hybridized carbons (Fsp3) is 0.833. The average Bonchev–Trinajstić information content (AvgIpc) is 1.78. The van der Waals surface area contributed by atoms with E-state index in [4.69, 9.17) is 5.11 Å². The van der Waals surface area contributed by atoms with Gasteiger partial charge in [0.1, 0.15) is 0 Å². The number of hydrogen-bond donors (Lipinski definition) is 1. The standard InChI is InChI=1S/C6H9F2O/c7-6(8)3-1-5(9)2-4-6/h9H,1-4H2. The van der Waals surface area contributed by atoms with Crippen LogP contribution in [0.15, 0.2) is 0 Å². The van der Waals surface area contributed by atoms with E-state index in [0.717, 1.165) is 0 Å². The minimum atomic E-state index is -2.52. The second-order valence-corrected chi connectivity index (χ2v) is 2.42. The second kappa shape index (κ2) is 2.21. The van der Waals surface area contributed by atoms with Gasteiger partial charge in [-0.25, -0.2) is 8.78 Å². The molecular weight excluding hydrogens is 126 g/mol. The molecule has 0 amide bonds. The van der Waals surface area contributed by atoms with Crippen molar-refractivity contribution in [1.29, 1.82) is 0 Å². The average molecular weight is 135 g/mol. The first kappa shape index (κ1) is 6.93. The van der Waals surface area contributed by atoms with E-state index in [2.05, 4.69) is 0 Å². The lowest BCUT2D eigenvalue weighted by atomic mass is 9.94. The van der Waals surface area contributed by atoms with Crippen molar-refractivity contribution >= 4 is 0 Å². The zero-order chi connectivity index (χ0) is 6.91. The highest BCUT2D eigenvalue weighted by Gasteiger charge is 2.34. The summed E-state index contributed by atoms with van der Waals surface area (Å²) in [5.74, 6) is -2.52. The van der Waals surface area contributed by atoms with Crippen LogP contribution in [0.5, 0.6) is 0 Å². The largest absolute Gasteiger partial charge is 0.387 e. The Hall–Kier alpha value is -0.180. The highest BCUT2D eigenvalue weighted by Crippen LogP contribution is 2.35. The Labute approximate surface area is 52.7 Å². The summed E-state index contributed by atoms with van der Waals surface area (Å²) in [6.07, 6.45) is 0.207. The first-order chi connectivity index (χ1) is 4.10. The third-order valence-corrected chi connectivity index (χ3v) is 1.56. The summed E-state index contributed by atoms with van der Waals surface area (Å²) >= 11 is 0. The number of hydrogen-bond acceptors (Lipinski definition) is 1. The molecular formula is C6H9F2O. The van der Waals surface area contributed by atoms with Crippen LogP contribution in [0.3, 0.4) is 0 Å². The van der Waals surface area contributed by atoms with Crippen LogP contribution >= 0.6 is 0 Å². The molecule has 0 bridgehead atoms. The van der Waals surface area contributed by atoms with Crippen molar-refractivity contribution in [2.45, 2.75) is 31.6 Å². The van der Waals surface area contributed by atoms with E-state index >= 15 is 0 Å². The van der Waals surface area contributed by atoms with Gasteiger partial charge >= 0.3 is 0 Å². The van der Waals surface area contributed by atoms with Gasteiger partial charge in [-0.15, -0.1) is 0 Å². The molecule has 1 rings (SSSR count). The molecule has 0 saturated heterocycles. The Morgan fingerprint density at radius 3 is 2.00 bits per heavy atom. The molecule has 1 fully saturated rings. The van der Waals surface area contributed by atoms with Gasteiger partial charge in [-0.3, -0.25) is 0 Å². The molecule has 53 valence electrons. The summed E-state index contributed by atoms with van der Waals surface area (Å²) in [6, 6.07) is 0. The van der Waals surface area contributed by atoms with Crippen molar-refractivity contribution in [2.75, 3.05) is 0 Å². The van der Waals surface area contributed by atoms with E-state index in [1.807, 2.05) is 0 Å². The molecule has 3 heteroatoms. The summed E-state index contributed by atoms with van der Waals surface area (Å²) in [4.78, 5) is 0. The van der Waals surface area contributed by atoms with Gasteiger partial charge < -0.3 is 5.11 Å². The van der Waals surface area contributed by atoms with Crippen molar-refractivity contribution < 1.29 is 13.9 Å². The maximum Gasteiger partial charge on any atom is 0.248 e. The Morgan fingerprint density at radius 2 is 1.67 bits per heavy atom. The minimum absolute atomic E-state index is 0.174. The van der Waals surface area contributed by atoms with Crippen LogP contribution < -0.4 is 0 Å². The molecule has 0 aliphatic heterocycles. The molecule has 0 aromatic heterocycles. The van der Waals surface area contributed by atoms with Crippen LogP contribution in [0.1, 0.15) is 25.7 Å². The van der Waals surface area contributed by atoms with Crippen molar-refractivity contribution in [3.63, 3.8) is 0 Å². The summed E-state index contributed by atoms with van der Waals surface area (Å²) in [6.45, 7) is 0. The Balaban J connectivity index is 2.35. The third kappa shape index (κ3) is 1.90. The topological polar surface area (TPSA) is 20.2 Å². The second-order valence-electron chi connectivity index (χ2n) is 2.42. The van der Waals surface area contributed by atoms with Gasteiger partial charge in [0.25, 0.3) is 0 Å². The van der Waals surface area contributed by atoms with Crippen LogP contribution in [-0.2, 0) is 0 Å². The van der Waals surface area contributed by atoms with Gasteiger partial charge in [0.15, 0.2) is 0 Å². The van der Waals surface area contributed by atoms with Gasteiger partial charge in [-0.1, -0.05) is 0 Å². The first-order valence-electron chi connectivity index (χ1n) is 3.02. The zero-order valence-corrected chi connectivity index (χ0v) is 5.03. The van der Waals surface area contributed by atoms with Gasteiger partial charge in [0.05, 0.1) is 6.10 Å². The van der Waals surface area contributed by atoms with Gasteiger partial charge in [-0.2, -0.15) is 0 Å². The van der Waals surface area contributed by atoms with E-state index in [1.54, 1.807) is 0 Å². The van der Waals surface area contributed by atoms with Crippen molar-refractivity contribution in [1.82, 2.24) is 0 Å². The lowest BCUT2D eigenvalue weighted by molar-refractivity contribution is -0.0426. The Bertz CT molecular complexity index is 93.2. The molecule has 0 aromatic carbocycles. The quantitative estimate of drug-likeness (QED) is 0.539. The molecule has 9 heavy (non-hydrogen) atoms. The van der Waals surface area contributed by atoms with Crippen LogP contribution in [0, 0.1) is 6.10 Å². The van der Waals surface area contributed by atoms with Crippen molar-refractivity contribution in [3.8, 4) is 0 Å². The summed E-state index contributed by atoms with van der Waals surface area (Å²) in [5, 5.41) is 8.72. The number of rotatable bonds is 0. The minimum Gasteiger partial charge on any atom is -0.387 e. The fourth-order valence-corrected chi connectivity index (χ4v) is 0.904. The monoisotopic (exact) mass is 135 g/mol. The Morgan fingerprint density at radius 1 is 1.22 bits per heavy atom. The van der Waals surface area contributed by atoms with Crippen LogP contribution in [0.4, 0.5) is 8.78 Å². The molecule has 1 radical (unpaired) electrons. The van der Waals surface area contributed by atoms with E-state index in [0.29, 0.717) is 0 Å². The molecule has 0 spiro atoms. The first-order valence-corrected chi connectivity index (χ1v) is 3.02. The maximum absolute atomic E-state index is 12.3. The highest BCUT2D eigenvalue weighted by atomic mass is 19.3. The van der Waals surface area contributed by atoms with Crippen LogP contribution in [0.2, 0.25) is 0 Å². The highest BCUT2D eigenvalue weighted by molar-refractivity contribution is 4.87. The predicted octanol–water partition coefficient (Wildman–Crippen LogP) is 2.10. The molecule has 1 saturated carbocycles. The molecule has 1 N–H and O–H groups in total.